The van der Waals surface area contributed by atoms with E-state index in [2.05, 4.69) is 15.1 Å². The second-order valence-corrected chi connectivity index (χ2v) is 8.11. The lowest BCUT2D eigenvalue weighted by Gasteiger charge is -2.36. The number of piperazine rings is 1. The molecule has 0 saturated carbocycles. The number of anilines is 2. The molecule has 3 aromatic rings. The maximum Gasteiger partial charge on any atom is 0.255 e. The van der Waals surface area contributed by atoms with Crippen LogP contribution in [0.15, 0.2) is 66.7 Å². The average molecular weight is 454 g/mol. The Hall–Kier alpha value is -3.09. The average Bonchev–Trinajstić information content (AvgIpc) is 2.81. The van der Waals surface area contributed by atoms with Crippen LogP contribution in [-0.4, -0.2) is 44.1 Å². The maximum absolute atomic E-state index is 13.9. The Labute approximate surface area is 192 Å². The Balaban J connectivity index is 1.32. The maximum atomic E-state index is 13.9. The Morgan fingerprint density at radius 1 is 1.03 bits per heavy atom. The van der Waals surface area contributed by atoms with Crippen LogP contribution in [0.2, 0.25) is 5.02 Å². The second kappa shape index (κ2) is 10.0. The van der Waals surface area contributed by atoms with E-state index in [9.17, 15) is 9.18 Å². The van der Waals surface area contributed by atoms with Gasteiger partial charge in [0.2, 0.25) is 0 Å². The molecule has 0 spiro atoms. The van der Waals surface area contributed by atoms with Gasteiger partial charge in [0.15, 0.2) is 0 Å². The molecule has 5 nitrogen and oxygen atoms in total. The predicted molar refractivity (Wildman–Crippen MR) is 126 cm³/mol. The molecule has 32 heavy (non-hydrogen) atoms. The number of hydrogen-bond donors (Lipinski definition) is 1. The summed E-state index contributed by atoms with van der Waals surface area (Å²) in [6.07, 6.45) is 0. The zero-order chi connectivity index (χ0) is 22.5. The van der Waals surface area contributed by atoms with Gasteiger partial charge in [0.25, 0.3) is 5.91 Å². The number of rotatable bonds is 6. The number of halogens is 2. The minimum absolute atomic E-state index is 0.149. The van der Waals surface area contributed by atoms with Gasteiger partial charge in [-0.15, -0.1) is 0 Å². The van der Waals surface area contributed by atoms with Crippen molar-refractivity contribution in [2.75, 3.05) is 43.5 Å². The molecule has 7 heteroatoms. The van der Waals surface area contributed by atoms with Crippen molar-refractivity contribution in [2.45, 2.75) is 6.54 Å². The molecule has 1 aliphatic heterocycles. The Bertz CT molecular complexity index is 1080. The first kappa shape index (κ1) is 22.1. The van der Waals surface area contributed by atoms with Crippen LogP contribution in [0.5, 0.6) is 5.75 Å². The van der Waals surface area contributed by atoms with Crippen LogP contribution >= 0.6 is 11.6 Å². The van der Waals surface area contributed by atoms with Gasteiger partial charge >= 0.3 is 0 Å². The minimum atomic E-state index is -0.232. The van der Waals surface area contributed by atoms with E-state index in [0.29, 0.717) is 28.6 Å². The normalized spacial score (nSPS) is 14.3. The van der Waals surface area contributed by atoms with Crippen molar-refractivity contribution in [3.05, 3.63) is 88.7 Å². The number of methoxy groups -OCH3 is 1. The van der Waals surface area contributed by atoms with Crippen molar-refractivity contribution in [1.82, 2.24) is 4.90 Å². The third-order valence-electron chi connectivity index (χ3n) is 5.63. The second-order valence-electron chi connectivity index (χ2n) is 7.70. The fraction of sp³-hybridized carbons (Fsp3) is 0.240. The number of hydrogen-bond acceptors (Lipinski definition) is 4. The number of ether oxygens (including phenoxy) is 1. The van der Waals surface area contributed by atoms with Crippen LogP contribution in [0.4, 0.5) is 15.8 Å². The highest BCUT2D eigenvalue weighted by Crippen LogP contribution is 2.26. The highest BCUT2D eigenvalue weighted by molar-refractivity contribution is 6.32. The number of nitrogens with one attached hydrogen (secondary N) is 1. The van der Waals surface area contributed by atoms with Crippen molar-refractivity contribution in [3.63, 3.8) is 0 Å². The summed E-state index contributed by atoms with van der Waals surface area (Å²) in [5, 5.41) is 3.29. The third-order valence-corrected chi connectivity index (χ3v) is 5.92. The SMILES string of the molecule is COc1ccc(C(=O)Nc2ccc(N3CCN(Cc4ccccc4F)CC3)cc2)cc1Cl. The molecule has 1 saturated heterocycles. The standard InChI is InChI=1S/C25H25ClFN3O2/c1-32-24-11-6-18(16-22(24)26)25(31)28-20-7-9-21(10-8-20)30-14-12-29(13-15-30)17-19-4-2-3-5-23(19)27/h2-11,16H,12-15,17H2,1H3,(H,28,31). The van der Waals surface area contributed by atoms with Crippen molar-refractivity contribution in [3.8, 4) is 5.75 Å². The quantitative estimate of drug-likeness (QED) is 0.566. The van der Waals surface area contributed by atoms with Gasteiger partial charge in [-0.2, -0.15) is 0 Å². The Morgan fingerprint density at radius 3 is 2.41 bits per heavy atom. The van der Waals surface area contributed by atoms with Gasteiger partial charge < -0.3 is 15.0 Å². The van der Waals surface area contributed by atoms with E-state index in [1.807, 2.05) is 36.4 Å². The van der Waals surface area contributed by atoms with Crippen molar-refractivity contribution >= 4 is 28.9 Å². The van der Waals surface area contributed by atoms with E-state index in [0.717, 1.165) is 37.4 Å². The summed E-state index contributed by atoms with van der Waals surface area (Å²) in [4.78, 5) is 17.1. The number of nitrogens with zero attached hydrogens (tertiary/aromatic N) is 2. The monoisotopic (exact) mass is 453 g/mol. The van der Waals surface area contributed by atoms with E-state index in [4.69, 9.17) is 16.3 Å². The molecule has 1 aliphatic rings. The predicted octanol–water partition coefficient (Wildman–Crippen LogP) is 5.06. The Morgan fingerprint density at radius 2 is 1.75 bits per heavy atom. The molecule has 0 aliphatic carbocycles. The molecule has 0 radical (unpaired) electrons. The summed E-state index contributed by atoms with van der Waals surface area (Å²) in [6.45, 7) is 4.09. The van der Waals surface area contributed by atoms with Gasteiger partial charge in [-0.05, 0) is 48.5 Å². The molecule has 1 heterocycles. The lowest BCUT2D eigenvalue weighted by molar-refractivity contribution is 0.102. The lowest BCUT2D eigenvalue weighted by Crippen LogP contribution is -2.46. The summed E-state index contributed by atoms with van der Waals surface area (Å²) >= 11 is 6.11. The first-order valence-electron chi connectivity index (χ1n) is 10.5. The first-order valence-corrected chi connectivity index (χ1v) is 10.9. The van der Waals surface area contributed by atoms with Gasteiger partial charge in [-0.25, -0.2) is 4.39 Å². The molecule has 0 aromatic heterocycles. The molecule has 4 rings (SSSR count). The van der Waals surface area contributed by atoms with Crippen LogP contribution in [-0.2, 0) is 6.54 Å². The Kier molecular flexibility index (Phi) is 6.93. The van der Waals surface area contributed by atoms with Crippen LogP contribution in [0, 0.1) is 5.82 Å². The third kappa shape index (κ3) is 5.21. The zero-order valence-electron chi connectivity index (χ0n) is 17.9. The van der Waals surface area contributed by atoms with Crippen molar-refractivity contribution in [1.29, 1.82) is 0 Å². The fourth-order valence-electron chi connectivity index (χ4n) is 3.80. The van der Waals surface area contributed by atoms with Crippen LogP contribution in [0.1, 0.15) is 15.9 Å². The lowest BCUT2D eigenvalue weighted by atomic mass is 10.1. The highest BCUT2D eigenvalue weighted by atomic mass is 35.5. The van der Waals surface area contributed by atoms with E-state index in [1.165, 1.54) is 13.2 Å². The van der Waals surface area contributed by atoms with Gasteiger partial charge in [-0.3, -0.25) is 9.69 Å². The van der Waals surface area contributed by atoms with Crippen molar-refractivity contribution < 1.29 is 13.9 Å². The smallest absolute Gasteiger partial charge is 0.255 e. The van der Waals surface area contributed by atoms with Crippen LogP contribution in [0.3, 0.4) is 0 Å². The zero-order valence-corrected chi connectivity index (χ0v) is 18.6. The molecule has 0 atom stereocenters. The molecule has 166 valence electrons. The summed E-state index contributed by atoms with van der Waals surface area (Å²) in [6, 6.07) is 19.7. The molecule has 1 fully saturated rings. The largest absolute Gasteiger partial charge is 0.495 e. The van der Waals surface area contributed by atoms with Crippen LogP contribution < -0.4 is 15.0 Å². The van der Waals surface area contributed by atoms with Gasteiger partial charge in [-0.1, -0.05) is 29.8 Å². The summed E-state index contributed by atoms with van der Waals surface area (Å²) in [5.41, 5.74) is 3.01. The number of carbonyl (C=O) groups is 1. The number of benzene rings is 3. The molecular weight excluding hydrogens is 429 g/mol. The fourth-order valence-corrected chi connectivity index (χ4v) is 4.06. The highest BCUT2D eigenvalue weighted by Gasteiger charge is 2.18. The van der Waals surface area contributed by atoms with Crippen LogP contribution in [0.25, 0.3) is 0 Å². The molecule has 0 bridgehead atoms. The molecule has 3 aromatic carbocycles. The summed E-state index contributed by atoms with van der Waals surface area (Å²) in [5.74, 6) is 0.148. The van der Waals surface area contributed by atoms with E-state index in [-0.39, 0.29) is 11.7 Å². The molecular formula is C25H25ClFN3O2. The molecule has 0 unspecified atom stereocenters. The summed E-state index contributed by atoms with van der Waals surface area (Å²) in [7, 11) is 1.53. The topological polar surface area (TPSA) is 44.8 Å². The van der Waals surface area contributed by atoms with Crippen molar-refractivity contribution in [2.24, 2.45) is 0 Å². The molecule has 1 amide bonds. The molecule has 1 N–H and O–H groups in total. The van der Waals surface area contributed by atoms with E-state index in [1.54, 1.807) is 24.3 Å². The van der Waals surface area contributed by atoms with E-state index < -0.39 is 0 Å². The van der Waals surface area contributed by atoms with Gasteiger partial charge in [0.1, 0.15) is 11.6 Å². The number of amides is 1. The first-order chi connectivity index (χ1) is 15.5. The minimum Gasteiger partial charge on any atom is -0.495 e. The van der Waals surface area contributed by atoms with Gasteiger partial charge in [0.05, 0.1) is 12.1 Å². The van der Waals surface area contributed by atoms with Gasteiger partial charge in [0, 0.05) is 55.2 Å². The summed E-state index contributed by atoms with van der Waals surface area (Å²) < 4.78 is 19.0. The number of carbonyl (C=O) groups excluding carboxylic acids is 1. The van der Waals surface area contributed by atoms with E-state index >= 15 is 0 Å².